The average Bonchev–Trinajstić information content (AvgIpc) is 2.96. The van der Waals surface area contributed by atoms with Gasteiger partial charge in [-0.05, 0) is 54.4 Å². The Labute approximate surface area is 167 Å². The summed E-state index contributed by atoms with van der Waals surface area (Å²) in [6.45, 7) is 6.11. The molecule has 1 aromatic heterocycles. The van der Waals surface area contributed by atoms with E-state index in [0.717, 1.165) is 5.56 Å². The highest BCUT2D eigenvalue weighted by atomic mass is 79.9. The van der Waals surface area contributed by atoms with Gasteiger partial charge in [0.2, 0.25) is 0 Å². The van der Waals surface area contributed by atoms with Crippen LogP contribution in [0.15, 0.2) is 16.7 Å². The molecule has 1 N–H and O–H groups in total. The fourth-order valence-electron chi connectivity index (χ4n) is 2.91. The van der Waals surface area contributed by atoms with Crippen molar-refractivity contribution >= 4 is 33.8 Å². The lowest BCUT2D eigenvalue weighted by molar-refractivity contribution is -0.145. The van der Waals surface area contributed by atoms with Gasteiger partial charge in [-0.25, -0.2) is 14.6 Å². The van der Waals surface area contributed by atoms with Gasteiger partial charge >= 0.3 is 12.1 Å². The summed E-state index contributed by atoms with van der Waals surface area (Å²) in [4.78, 5) is 30.5. The summed E-state index contributed by atoms with van der Waals surface area (Å²) >= 11 is 3.38. The molecule has 0 radical (unpaired) electrons. The van der Waals surface area contributed by atoms with Crippen LogP contribution in [0.4, 0.5) is 10.6 Å². The van der Waals surface area contributed by atoms with E-state index in [1.807, 2.05) is 12.1 Å². The van der Waals surface area contributed by atoms with E-state index in [4.69, 9.17) is 14.2 Å². The summed E-state index contributed by atoms with van der Waals surface area (Å²) in [7, 11) is 2.93. The van der Waals surface area contributed by atoms with Crippen molar-refractivity contribution in [1.82, 2.24) is 9.88 Å². The Bertz CT molecular complexity index is 692. The number of carbonyl (C=O) groups is 2. The molecule has 2 heterocycles. The standard InChI is InChI=1S/C18H26BrN3O5/c1-18(2,3)27-17(24)22-9-12(8-13(22)16(23)26-5)20-15-7-11(10-25-4)6-14(19)21-15/h6-7,12-13H,8-10H2,1-5H3,(H,20,21)/t12-,13-/m0/s1. The predicted molar refractivity (Wildman–Crippen MR) is 103 cm³/mol. The van der Waals surface area contributed by atoms with E-state index in [-0.39, 0.29) is 6.04 Å². The summed E-state index contributed by atoms with van der Waals surface area (Å²) in [5.74, 6) is 0.170. The van der Waals surface area contributed by atoms with Gasteiger partial charge in [0.05, 0.1) is 13.7 Å². The molecule has 0 aromatic carbocycles. The number of esters is 1. The van der Waals surface area contributed by atoms with Crippen molar-refractivity contribution in [3.05, 3.63) is 22.3 Å². The van der Waals surface area contributed by atoms with Crippen LogP contribution >= 0.6 is 15.9 Å². The van der Waals surface area contributed by atoms with Crippen LogP contribution < -0.4 is 5.32 Å². The van der Waals surface area contributed by atoms with Crippen LogP contribution in [0.3, 0.4) is 0 Å². The Kier molecular flexibility index (Phi) is 7.05. The molecule has 2 rings (SSSR count). The lowest BCUT2D eigenvalue weighted by Crippen LogP contribution is -2.44. The monoisotopic (exact) mass is 443 g/mol. The molecule has 0 bridgehead atoms. The van der Waals surface area contributed by atoms with Crippen LogP contribution in [0.1, 0.15) is 32.8 Å². The number of hydrogen-bond acceptors (Lipinski definition) is 7. The minimum absolute atomic E-state index is 0.168. The molecule has 27 heavy (non-hydrogen) atoms. The number of rotatable bonds is 5. The zero-order valence-corrected chi connectivity index (χ0v) is 17.8. The molecule has 0 spiro atoms. The van der Waals surface area contributed by atoms with Crippen LogP contribution in [0.2, 0.25) is 0 Å². The van der Waals surface area contributed by atoms with E-state index < -0.39 is 23.7 Å². The van der Waals surface area contributed by atoms with Crippen LogP contribution in [0, 0.1) is 0 Å². The number of carbonyl (C=O) groups excluding carboxylic acids is 2. The first-order chi connectivity index (χ1) is 12.6. The van der Waals surface area contributed by atoms with Crippen LogP contribution in [-0.2, 0) is 25.6 Å². The molecule has 0 unspecified atom stereocenters. The number of hydrogen-bond donors (Lipinski definition) is 1. The SMILES string of the molecule is COCc1cc(Br)nc(N[C@H]2C[C@@H](C(=O)OC)N(C(=O)OC(C)(C)C)C2)c1. The number of nitrogens with zero attached hydrogens (tertiary/aromatic N) is 2. The normalized spacial score (nSPS) is 19.7. The summed E-state index contributed by atoms with van der Waals surface area (Å²) < 4.78 is 16.1. The Balaban J connectivity index is 2.15. The van der Waals surface area contributed by atoms with Gasteiger partial charge in [-0.2, -0.15) is 0 Å². The van der Waals surface area contributed by atoms with E-state index in [0.29, 0.717) is 30.0 Å². The van der Waals surface area contributed by atoms with Gasteiger partial charge in [0.15, 0.2) is 0 Å². The molecular weight excluding hydrogens is 418 g/mol. The smallest absolute Gasteiger partial charge is 0.411 e. The molecule has 1 saturated heterocycles. The fourth-order valence-corrected chi connectivity index (χ4v) is 3.39. The number of aromatic nitrogens is 1. The van der Waals surface area contributed by atoms with Crippen LogP contribution in [0.5, 0.6) is 0 Å². The quantitative estimate of drug-likeness (QED) is 0.552. The van der Waals surface area contributed by atoms with Gasteiger partial charge in [-0.15, -0.1) is 0 Å². The number of anilines is 1. The summed E-state index contributed by atoms with van der Waals surface area (Å²) in [5.41, 5.74) is 0.304. The first-order valence-corrected chi connectivity index (χ1v) is 9.41. The van der Waals surface area contributed by atoms with Crippen molar-refractivity contribution in [3.63, 3.8) is 0 Å². The van der Waals surface area contributed by atoms with E-state index in [1.165, 1.54) is 12.0 Å². The Hall–Kier alpha value is -1.87. The maximum absolute atomic E-state index is 12.5. The second-order valence-electron chi connectivity index (χ2n) is 7.36. The molecule has 1 aromatic rings. The maximum atomic E-state index is 12.5. The van der Waals surface area contributed by atoms with Gasteiger partial charge in [0, 0.05) is 26.1 Å². The van der Waals surface area contributed by atoms with E-state index in [9.17, 15) is 9.59 Å². The summed E-state index contributed by atoms with van der Waals surface area (Å²) in [6, 6.07) is 2.87. The largest absolute Gasteiger partial charge is 0.467 e. The van der Waals surface area contributed by atoms with Crippen LogP contribution in [0.25, 0.3) is 0 Å². The fraction of sp³-hybridized carbons (Fsp3) is 0.611. The van der Waals surface area contributed by atoms with Gasteiger partial charge in [0.1, 0.15) is 22.1 Å². The highest BCUT2D eigenvalue weighted by molar-refractivity contribution is 9.10. The van der Waals surface area contributed by atoms with E-state index in [1.54, 1.807) is 27.9 Å². The zero-order chi connectivity index (χ0) is 20.2. The molecule has 0 aliphatic carbocycles. The van der Waals surface area contributed by atoms with E-state index in [2.05, 4.69) is 26.2 Å². The number of likely N-dealkylation sites (tertiary alicyclic amines) is 1. The molecule has 1 aliphatic heterocycles. The molecule has 8 nitrogen and oxygen atoms in total. The second kappa shape index (κ2) is 8.88. The van der Waals surface area contributed by atoms with Gasteiger partial charge in [-0.1, -0.05) is 0 Å². The first kappa shape index (κ1) is 21.4. The van der Waals surface area contributed by atoms with Crippen molar-refractivity contribution in [2.45, 2.75) is 51.5 Å². The molecule has 1 fully saturated rings. The minimum atomic E-state index is -0.701. The first-order valence-electron chi connectivity index (χ1n) is 8.62. The van der Waals surface area contributed by atoms with Crippen LogP contribution in [-0.4, -0.2) is 60.4 Å². The Morgan fingerprint density at radius 3 is 2.63 bits per heavy atom. The highest BCUT2D eigenvalue weighted by Gasteiger charge is 2.42. The lowest BCUT2D eigenvalue weighted by Gasteiger charge is -2.27. The molecule has 0 saturated carbocycles. The molecule has 150 valence electrons. The van der Waals surface area contributed by atoms with Crippen molar-refractivity contribution in [2.75, 3.05) is 26.1 Å². The molecule has 1 amide bonds. The van der Waals surface area contributed by atoms with Gasteiger partial charge < -0.3 is 19.5 Å². The molecule has 1 aliphatic rings. The van der Waals surface area contributed by atoms with E-state index >= 15 is 0 Å². The molecule has 2 atom stereocenters. The number of pyridine rings is 1. The summed E-state index contributed by atoms with van der Waals surface area (Å²) in [6.07, 6.45) is -0.135. The Morgan fingerprint density at radius 2 is 2.04 bits per heavy atom. The molecule has 9 heteroatoms. The molecular formula is C18H26BrN3O5. The zero-order valence-electron chi connectivity index (χ0n) is 16.2. The number of halogens is 1. The topological polar surface area (TPSA) is 90.0 Å². The average molecular weight is 444 g/mol. The van der Waals surface area contributed by atoms with Crippen molar-refractivity contribution < 1.29 is 23.8 Å². The van der Waals surface area contributed by atoms with Gasteiger partial charge in [-0.3, -0.25) is 4.90 Å². The number of amides is 1. The minimum Gasteiger partial charge on any atom is -0.467 e. The third-order valence-electron chi connectivity index (χ3n) is 3.92. The van der Waals surface area contributed by atoms with Crippen molar-refractivity contribution in [3.8, 4) is 0 Å². The lowest BCUT2D eigenvalue weighted by atomic mass is 10.1. The third kappa shape index (κ3) is 6.07. The van der Waals surface area contributed by atoms with Gasteiger partial charge in [0.25, 0.3) is 0 Å². The summed E-state index contributed by atoms with van der Waals surface area (Å²) in [5, 5.41) is 3.28. The van der Waals surface area contributed by atoms with Crippen molar-refractivity contribution in [1.29, 1.82) is 0 Å². The Morgan fingerprint density at radius 1 is 1.33 bits per heavy atom. The predicted octanol–water partition coefficient (Wildman–Crippen LogP) is 2.95. The highest BCUT2D eigenvalue weighted by Crippen LogP contribution is 2.25. The second-order valence-corrected chi connectivity index (χ2v) is 8.18. The number of nitrogens with one attached hydrogen (secondary N) is 1. The number of ether oxygens (including phenoxy) is 3. The third-order valence-corrected chi connectivity index (χ3v) is 4.33. The van der Waals surface area contributed by atoms with Crippen molar-refractivity contribution in [2.24, 2.45) is 0 Å². The number of methoxy groups -OCH3 is 2. The maximum Gasteiger partial charge on any atom is 0.411 e.